The zero-order valence-corrected chi connectivity index (χ0v) is 15.1. The summed E-state index contributed by atoms with van der Waals surface area (Å²) in [5.74, 6) is -0.710. The predicted molar refractivity (Wildman–Crippen MR) is 95.7 cm³/mol. The Kier molecular flexibility index (Phi) is 7.42. The van der Waals surface area contributed by atoms with Crippen molar-refractivity contribution in [3.8, 4) is 0 Å². The van der Waals surface area contributed by atoms with Crippen LogP contribution in [0.2, 0.25) is 0 Å². The third-order valence-electron chi connectivity index (χ3n) is 3.62. The van der Waals surface area contributed by atoms with E-state index in [9.17, 15) is 14.4 Å². The fraction of sp³-hybridized carbons (Fsp3) is 0.500. The normalized spacial score (nSPS) is 19.5. The molecule has 1 aliphatic heterocycles. The molecule has 6 heteroatoms. The van der Waals surface area contributed by atoms with Crippen LogP contribution in [0.5, 0.6) is 0 Å². The van der Waals surface area contributed by atoms with Crippen molar-refractivity contribution in [2.24, 2.45) is 7.05 Å². The molecule has 1 unspecified atom stereocenters. The maximum atomic E-state index is 12.5. The summed E-state index contributed by atoms with van der Waals surface area (Å²) in [6, 6.07) is -0.647. The zero-order chi connectivity index (χ0) is 18.3. The van der Waals surface area contributed by atoms with E-state index in [0.717, 1.165) is 5.35 Å². The van der Waals surface area contributed by atoms with Crippen molar-refractivity contribution >= 4 is 24.0 Å². The second-order valence-corrected chi connectivity index (χ2v) is 5.64. The summed E-state index contributed by atoms with van der Waals surface area (Å²) in [7, 11) is 1.67. The average molecular weight is 333 g/mol. The number of carbonyl (C=O) groups excluding carboxylic acids is 2. The second-order valence-electron chi connectivity index (χ2n) is 5.64. The van der Waals surface area contributed by atoms with E-state index in [1.54, 1.807) is 13.1 Å². The van der Waals surface area contributed by atoms with Gasteiger partial charge in [-0.2, -0.15) is 0 Å². The number of nitrogens with one attached hydrogen (secondary N) is 1. The van der Waals surface area contributed by atoms with Crippen molar-refractivity contribution in [2.75, 3.05) is 0 Å². The Bertz CT molecular complexity index is 797. The smallest absolute Gasteiger partial charge is 0.295 e. The summed E-state index contributed by atoms with van der Waals surface area (Å²) in [5, 5.41) is 3.73. The molecule has 132 valence electrons. The molecule has 2 rings (SSSR count). The average Bonchev–Trinajstić information content (AvgIpc) is 2.77. The lowest BCUT2D eigenvalue weighted by molar-refractivity contribution is -0.135. The third-order valence-corrected chi connectivity index (χ3v) is 3.62. The summed E-state index contributed by atoms with van der Waals surface area (Å²) in [5.41, 5.74) is -0.256. The van der Waals surface area contributed by atoms with Gasteiger partial charge >= 0.3 is 5.69 Å². The van der Waals surface area contributed by atoms with Crippen LogP contribution in [0.3, 0.4) is 0 Å². The standard InChI is InChI=1S/C15H19N3O3.C3H8/c1-4-6-7-11-10(5-2)17(3)15(21)18(11)12-8-9-13(19)16-14(12)20;1-3-2/h4-7,12H,8-9H2,1-3H3,(H,16,19,20);3H2,1-2H3/b6-4-,10-5+,11-7+;. The largest absolute Gasteiger partial charge is 0.329 e. The molecule has 0 aliphatic carbocycles. The van der Waals surface area contributed by atoms with E-state index in [0.29, 0.717) is 11.8 Å². The van der Waals surface area contributed by atoms with E-state index in [2.05, 4.69) is 19.2 Å². The number of carbonyl (C=O) groups is 2. The molecule has 1 fully saturated rings. The molecule has 24 heavy (non-hydrogen) atoms. The number of rotatable bonds is 2. The number of piperidine rings is 1. The molecule has 1 aromatic heterocycles. The minimum Gasteiger partial charge on any atom is -0.295 e. The Labute approximate surface area is 142 Å². The quantitative estimate of drug-likeness (QED) is 0.811. The maximum absolute atomic E-state index is 12.5. The van der Waals surface area contributed by atoms with Crippen molar-refractivity contribution < 1.29 is 9.59 Å². The highest BCUT2D eigenvalue weighted by Crippen LogP contribution is 2.14. The molecule has 0 aromatic carbocycles. The fourth-order valence-corrected chi connectivity index (χ4v) is 2.59. The van der Waals surface area contributed by atoms with Crippen LogP contribution in [0.25, 0.3) is 12.2 Å². The summed E-state index contributed by atoms with van der Waals surface area (Å²) in [4.78, 5) is 35.8. The summed E-state index contributed by atoms with van der Waals surface area (Å²) in [6.07, 6.45) is 9.15. The Morgan fingerprint density at radius 3 is 2.29 bits per heavy atom. The van der Waals surface area contributed by atoms with Crippen molar-refractivity contribution in [2.45, 2.75) is 53.0 Å². The molecule has 0 spiro atoms. The van der Waals surface area contributed by atoms with Gasteiger partial charge in [-0.15, -0.1) is 0 Å². The third kappa shape index (κ3) is 4.13. The van der Waals surface area contributed by atoms with Gasteiger partial charge in [-0.3, -0.25) is 24.0 Å². The number of nitrogens with zero attached hydrogens (tertiary/aromatic N) is 2. The number of hydrogen-bond acceptors (Lipinski definition) is 3. The number of hydrogen-bond donors (Lipinski definition) is 1. The molecular formula is C18H27N3O3. The van der Waals surface area contributed by atoms with Crippen LogP contribution in [0.15, 0.2) is 16.9 Å². The van der Waals surface area contributed by atoms with E-state index < -0.39 is 11.9 Å². The number of imidazole rings is 1. The molecule has 1 aliphatic rings. The number of aromatic nitrogens is 2. The molecule has 2 amide bonds. The lowest BCUT2D eigenvalue weighted by Crippen LogP contribution is -2.47. The van der Waals surface area contributed by atoms with Crippen molar-refractivity contribution in [3.63, 3.8) is 0 Å². The summed E-state index contributed by atoms with van der Waals surface area (Å²) in [6.45, 7) is 7.97. The molecule has 1 atom stereocenters. The van der Waals surface area contributed by atoms with Gasteiger partial charge in [0, 0.05) is 13.5 Å². The molecular weight excluding hydrogens is 306 g/mol. The predicted octanol–water partition coefficient (Wildman–Crippen LogP) is 0.738. The van der Waals surface area contributed by atoms with Gasteiger partial charge < -0.3 is 0 Å². The van der Waals surface area contributed by atoms with Crippen LogP contribution < -0.4 is 21.7 Å². The number of amides is 2. The Hall–Kier alpha value is -2.37. The van der Waals surface area contributed by atoms with Crippen LogP contribution in [0.1, 0.15) is 53.0 Å². The van der Waals surface area contributed by atoms with Gasteiger partial charge in [0.2, 0.25) is 11.8 Å². The maximum Gasteiger partial charge on any atom is 0.329 e. The van der Waals surface area contributed by atoms with Crippen LogP contribution >= 0.6 is 0 Å². The van der Waals surface area contributed by atoms with Crippen LogP contribution in [0, 0.1) is 0 Å². The fourth-order valence-electron chi connectivity index (χ4n) is 2.59. The van der Waals surface area contributed by atoms with Gasteiger partial charge in [-0.05, 0) is 26.3 Å². The molecule has 1 aromatic rings. The van der Waals surface area contributed by atoms with Crippen LogP contribution in [-0.2, 0) is 16.6 Å². The van der Waals surface area contributed by atoms with Gasteiger partial charge in [0.1, 0.15) is 6.04 Å². The van der Waals surface area contributed by atoms with Crippen molar-refractivity contribution in [1.82, 2.24) is 14.5 Å². The van der Waals surface area contributed by atoms with Gasteiger partial charge in [0.05, 0.1) is 10.7 Å². The lowest BCUT2D eigenvalue weighted by Gasteiger charge is -2.21. The van der Waals surface area contributed by atoms with E-state index in [1.165, 1.54) is 15.6 Å². The first-order valence-electron chi connectivity index (χ1n) is 8.33. The Morgan fingerprint density at radius 2 is 1.79 bits per heavy atom. The molecule has 0 saturated carbocycles. The monoisotopic (exact) mass is 333 g/mol. The van der Waals surface area contributed by atoms with Crippen LogP contribution in [0.4, 0.5) is 0 Å². The van der Waals surface area contributed by atoms with E-state index in [1.807, 2.05) is 32.1 Å². The Morgan fingerprint density at radius 1 is 1.17 bits per heavy atom. The molecule has 0 radical (unpaired) electrons. The van der Waals surface area contributed by atoms with E-state index in [-0.39, 0.29) is 18.0 Å². The van der Waals surface area contributed by atoms with Gasteiger partial charge in [0.15, 0.2) is 0 Å². The van der Waals surface area contributed by atoms with Crippen molar-refractivity contribution in [1.29, 1.82) is 0 Å². The molecule has 1 N–H and O–H groups in total. The molecule has 1 saturated heterocycles. The van der Waals surface area contributed by atoms with Gasteiger partial charge in [-0.1, -0.05) is 38.5 Å². The first kappa shape index (κ1) is 19.7. The van der Waals surface area contributed by atoms with Crippen molar-refractivity contribution in [3.05, 3.63) is 33.3 Å². The molecule has 2 heterocycles. The second kappa shape index (κ2) is 9.05. The van der Waals surface area contributed by atoms with E-state index in [4.69, 9.17) is 0 Å². The van der Waals surface area contributed by atoms with Gasteiger partial charge in [-0.25, -0.2) is 4.79 Å². The highest BCUT2D eigenvalue weighted by molar-refractivity contribution is 5.99. The summed E-state index contributed by atoms with van der Waals surface area (Å²) < 4.78 is 2.98. The SMILES string of the molecule is CCC.C\C=C/C=c1\c(=C/C)n(C)c(=O)n1C1CCC(=O)NC1=O. The van der Waals surface area contributed by atoms with Crippen LogP contribution in [-0.4, -0.2) is 20.9 Å². The molecule has 6 nitrogen and oxygen atoms in total. The summed E-state index contributed by atoms with van der Waals surface area (Å²) >= 11 is 0. The molecule has 0 bridgehead atoms. The highest BCUT2D eigenvalue weighted by Gasteiger charge is 2.30. The highest BCUT2D eigenvalue weighted by atomic mass is 16.2. The number of imide groups is 1. The van der Waals surface area contributed by atoms with Gasteiger partial charge in [0.25, 0.3) is 0 Å². The van der Waals surface area contributed by atoms with E-state index >= 15 is 0 Å². The topological polar surface area (TPSA) is 73.1 Å². The minimum absolute atomic E-state index is 0.242. The lowest BCUT2D eigenvalue weighted by atomic mass is 10.1. The number of allylic oxidation sites excluding steroid dienone is 2. The zero-order valence-electron chi connectivity index (χ0n) is 15.1. The minimum atomic E-state index is -0.647. The Balaban J connectivity index is 0.000000891. The first-order chi connectivity index (χ1) is 11.4. The first-order valence-corrected chi connectivity index (χ1v) is 8.33.